The fourth-order valence-corrected chi connectivity index (χ4v) is 2.53. The van der Waals surface area contributed by atoms with Crippen LogP contribution in [0.5, 0.6) is 0 Å². The number of carbonyl (C=O) groups excluding carboxylic acids is 2. The number of rotatable bonds is 4. The zero-order valence-corrected chi connectivity index (χ0v) is 13.9. The van der Waals surface area contributed by atoms with Gasteiger partial charge in [0.2, 0.25) is 0 Å². The molecule has 23 heavy (non-hydrogen) atoms. The number of benzene rings is 2. The highest BCUT2D eigenvalue weighted by Crippen LogP contribution is 2.13. The maximum atomic E-state index is 12.5. The molecule has 0 spiro atoms. The monoisotopic (exact) mass is 311 g/mol. The lowest BCUT2D eigenvalue weighted by molar-refractivity contribution is 0.0600. The molecule has 120 valence electrons. The number of aryl methyl sites for hydroxylation is 2. The molecule has 2 aromatic carbocycles. The SMILES string of the molecule is COC(=O)c1ccc(CN(C)C(=O)c2cc(C)cc(C)c2)cc1. The summed E-state index contributed by atoms with van der Waals surface area (Å²) in [5.41, 5.74) is 4.29. The number of carbonyl (C=O) groups is 2. The van der Waals surface area contributed by atoms with E-state index < -0.39 is 0 Å². The molecule has 4 heteroatoms. The predicted octanol–water partition coefficient (Wildman–Crippen LogP) is 3.36. The zero-order valence-electron chi connectivity index (χ0n) is 13.9. The van der Waals surface area contributed by atoms with E-state index in [1.807, 2.05) is 44.2 Å². The first-order valence-corrected chi connectivity index (χ1v) is 7.41. The summed E-state index contributed by atoms with van der Waals surface area (Å²) in [6, 6.07) is 12.9. The minimum Gasteiger partial charge on any atom is -0.465 e. The van der Waals surface area contributed by atoms with Crippen LogP contribution in [0.3, 0.4) is 0 Å². The van der Waals surface area contributed by atoms with E-state index in [0.717, 1.165) is 16.7 Å². The van der Waals surface area contributed by atoms with Crippen LogP contribution in [0.1, 0.15) is 37.4 Å². The maximum absolute atomic E-state index is 12.5. The Morgan fingerprint density at radius 3 is 2.04 bits per heavy atom. The second-order valence-electron chi connectivity index (χ2n) is 5.73. The number of hydrogen-bond donors (Lipinski definition) is 0. The van der Waals surface area contributed by atoms with Crippen molar-refractivity contribution in [1.29, 1.82) is 0 Å². The summed E-state index contributed by atoms with van der Waals surface area (Å²) in [5.74, 6) is -0.384. The number of hydrogen-bond acceptors (Lipinski definition) is 3. The number of methoxy groups -OCH3 is 1. The van der Waals surface area contributed by atoms with Crippen LogP contribution in [-0.4, -0.2) is 30.9 Å². The highest BCUT2D eigenvalue weighted by Gasteiger charge is 2.13. The van der Waals surface area contributed by atoms with Gasteiger partial charge in [0.1, 0.15) is 0 Å². The van der Waals surface area contributed by atoms with Crippen molar-refractivity contribution in [1.82, 2.24) is 4.90 Å². The fourth-order valence-electron chi connectivity index (χ4n) is 2.53. The van der Waals surface area contributed by atoms with E-state index >= 15 is 0 Å². The molecule has 0 bridgehead atoms. The van der Waals surface area contributed by atoms with Crippen LogP contribution >= 0.6 is 0 Å². The zero-order chi connectivity index (χ0) is 17.0. The molecule has 2 rings (SSSR count). The molecule has 0 aliphatic carbocycles. The van der Waals surface area contributed by atoms with Crippen molar-refractivity contribution in [2.45, 2.75) is 20.4 Å². The Morgan fingerprint density at radius 1 is 0.957 bits per heavy atom. The van der Waals surface area contributed by atoms with E-state index in [4.69, 9.17) is 0 Å². The minimum absolute atomic E-state index is 0.0196. The van der Waals surface area contributed by atoms with Gasteiger partial charge in [-0.25, -0.2) is 4.79 Å². The van der Waals surface area contributed by atoms with Crippen molar-refractivity contribution < 1.29 is 14.3 Å². The van der Waals surface area contributed by atoms with Gasteiger partial charge in [0.15, 0.2) is 0 Å². The van der Waals surface area contributed by atoms with E-state index in [9.17, 15) is 9.59 Å². The lowest BCUT2D eigenvalue weighted by atomic mass is 10.1. The van der Waals surface area contributed by atoms with Crippen LogP contribution in [0, 0.1) is 13.8 Å². The quantitative estimate of drug-likeness (QED) is 0.813. The van der Waals surface area contributed by atoms with Gasteiger partial charge in [0.25, 0.3) is 5.91 Å². The normalized spacial score (nSPS) is 10.3. The van der Waals surface area contributed by atoms with Crippen LogP contribution in [0.15, 0.2) is 42.5 Å². The Labute approximate surface area is 136 Å². The van der Waals surface area contributed by atoms with E-state index in [1.54, 1.807) is 24.1 Å². The van der Waals surface area contributed by atoms with Crippen molar-refractivity contribution in [3.8, 4) is 0 Å². The molecule has 0 unspecified atom stereocenters. The molecular formula is C19H21NO3. The smallest absolute Gasteiger partial charge is 0.337 e. The van der Waals surface area contributed by atoms with E-state index in [-0.39, 0.29) is 11.9 Å². The molecule has 0 saturated carbocycles. The van der Waals surface area contributed by atoms with Crippen molar-refractivity contribution in [3.05, 3.63) is 70.3 Å². The molecule has 0 aromatic heterocycles. The standard InChI is InChI=1S/C19H21NO3/c1-13-9-14(2)11-17(10-13)18(21)20(3)12-15-5-7-16(8-6-15)19(22)23-4/h5-11H,12H2,1-4H3. The summed E-state index contributed by atoms with van der Waals surface area (Å²) < 4.78 is 4.67. The average Bonchev–Trinajstić information content (AvgIpc) is 2.53. The lowest BCUT2D eigenvalue weighted by Gasteiger charge is -2.18. The predicted molar refractivity (Wildman–Crippen MR) is 89.5 cm³/mol. The molecule has 0 aliphatic heterocycles. The number of ether oxygens (including phenoxy) is 1. The summed E-state index contributed by atoms with van der Waals surface area (Å²) in [4.78, 5) is 25.6. The van der Waals surface area contributed by atoms with Gasteiger partial charge in [0, 0.05) is 19.2 Å². The van der Waals surface area contributed by atoms with E-state index in [2.05, 4.69) is 4.74 Å². The molecule has 0 atom stereocenters. The molecule has 0 heterocycles. The second-order valence-corrected chi connectivity index (χ2v) is 5.73. The van der Waals surface area contributed by atoms with Gasteiger partial charge in [-0.2, -0.15) is 0 Å². The van der Waals surface area contributed by atoms with Gasteiger partial charge in [-0.15, -0.1) is 0 Å². The van der Waals surface area contributed by atoms with Gasteiger partial charge in [-0.1, -0.05) is 29.3 Å². The second kappa shape index (κ2) is 7.09. The molecule has 1 amide bonds. The summed E-state index contributed by atoms with van der Waals surface area (Å²) in [6.45, 7) is 4.44. The van der Waals surface area contributed by atoms with Gasteiger partial charge in [0.05, 0.1) is 12.7 Å². The van der Waals surface area contributed by atoms with Crippen LogP contribution in [0.2, 0.25) is 0 Å². The highest BCUT2D eigenvalue weighted by molar-refractivity contribution is 5.94. The van der Waals surface area contributed by atoms with Gasteiger partial charge >= 0.3 is 5.97 Å². The van der Waals surface area contributed by atoms with Crippen molar-refractivity contribution in [2.24, 2.45) is 0 Å². The molecule has 0 aliphatic rings. The summed E-state index contributed by atoms with van der Waals surface area (Å²) in [6.07, 6.45) is 0. The first-order valence-electron chi connectivity index (χ1n) is 7.41. The Kier molecular flexibility index (Phi) is 5.16. The molecule has 0 N–H and O–H groups in total. The third kappa shape index (κ3) is 4.19. The summed E-state index contributed by atoms with van der Waals surface area (Å²) in [5, 5.41) is 0. The van der Waals surface area contributed by atoms with Crippen molar-refractivity contribution in [3.63, 3.8) is 0 Å². The lowest BCUT2D eigenvalue weighted by Crippen LogP contribution is -2.26. The van der Waals surface area contributed by atoms with Crippen LogP contribution in [0.4, 0.5) is 0 Å². The van der Waals surface area contributed by atoms with Gasteiger partial charge in [-0.3, -0.25) is 4.79 Å². The third-order valence-electron chi connectivity index (χ3n) is 3.61. The summed E-state index contributed by atoms with van der Waals surface area (Å²) in [7, 11) is 3.13. The first-order chi connectivity index (χ1) is 10.9. The first kappa shape index (κ1) is 16.7. The van der Waals surface area contributed by atoms with Crippen molar-refractivity contribution in [2.75, 3.05) is 14.2 Å². The maximum Gasteiger partial charge on any atom is 0.337 e. The van der Waals surface area contributed by atoms with Gasteiger partial charge in [-0.05, 0) is 43.7 Å². The molecule has 0 saturated heterocycles. The molecule has 2 aromatic rings. The van der Waals surface area contributed by atoms with Crippen LogP contribution in [0.25, 0.3) is 0 Å². The number of esters is 1. The number of amides is 1. The van der Waals surface area contributed by atoms with E-state index in [0.29, 0.717) is 17.7 Å². The molecular weight excluding hydrogens is 290 g/mol. The molecule has 0 fully saturated rings. The summed E-state index contributed by atoms with van der Waals surface area (Å²) >= 11 is 0. The van der Waals surface area contributed by atoms with Crippen LogP contribution in [-0.2, 0) is 11.3 Å². The third-order valence-corrected chi connectivity index (χ3v) is 3.61. The van der Waals surface area contributed by atoms with Gasteiger partial charge < -0.3 is 9.64 Å². The highest BCUT2D eigenvalue weighted by atomic mass is 16.5. The largest absolute Gasteiger partial charge is 0.465 e. The van der Waals surface area contributed by atoms with E-state index in [1.165, 1.54) is 7.11 Å². The number of nitrogens with zero attached hydrogens (tertiary/aromatic N) is 1. The fraction of sp³-hybridized carbons (Fsp3) is 0.263. The van der Waals surface area contributed by atoms with Crippen LogP contribution < -0.4 is 0 Å². The molecule has 4 nitrogen and oxygen atoms in total. The Bertz CT molecular complexity index is 700. The molecule has 0 radical (unpaired) electrons. The Balaban J connectivity index is 2.10. The van der Waals surface area contributed by atoms with Crippen molar-refractivity contribution >= 4 is 11.9 Å². The average molecular weight is 311 g/mol. The topological polar surface area (TPSA) is 46.6 Å². The Morgan fingerprint density at radius 2 is 1.52 bits per heavy atom. The minimum atomic E-state index is -0.365. The Hall–Kier alpha value is -2.62.